The fraction of sp³-hybridized carbons (Fsp3) is 0.381. The van der Waals surface area contributed by atoms with Crippen LogP contribution in [-0.4, -0.2) is 52.1 Å². The number of hydrogen-bond acceptors (Lipinski definition) is 6. The minimum Gasteiger partial charge on any atom is -0.496 e. The highest BCUT2D eigenvalue weighted by Gasteiger charge is 2.27. The molecule has 156 valence electrons. The predicted molar refractivity (Wildman–Crippen MR) is 108 cm³/mol. The molecule has 0 aromatic heterocycles. The van der Waals surface area contributed by atoms with Crippen LogP contribution in [0.2, 0.25) is 0 Å². The van der Waals surface area contributed by atoms with Gasteiger partial charge in [0.05, 0.1) is 30.8 Å². The number of hydrogen-bond donors (Lipinski definition) is 0. The minimum absolute atomic E-state index is 0.0313. The smallest absolute Gasteiger partial charge is 0.338 e. The molecule has 0 amide bonds. The Morgan fingerprint density at radius 1 is 1.10 bits per heavy atom. The Morgan fingerprint density at radius 3 is 2.52 bits per heavy atom. The molecule has 0 aliphatic carbocycles. The predicted octanol–water partition coefficient (Wildman–Crippen LogP) is 2.69. The largest absolute Gasteiger partial charge is 0.496 e. The van der Waals surface area contributed by atoms with Gasteiger partial charge in [0.15, 0.2) is 0 Å². The molecule has 1 aliphatic rings. The van der Waals surface area contributed by atoms with E-state index in [0.717, 1.165) is 11.1 Å². The maximum Gasteiger partial charge on any atom is 0.338 e. The lowest BCUT2D eigenvalue weighted by Gasteiger charge is -2.26. The van der Waals surface area contributed by atoms with Crippen molar-refractivity contribution >= 4 is 16.0 Å². The van der Waals surface area contributed by atoms with Crippen molar-refractivity contribution in [3.05, 3.63) is 58.7 Å². The fourth-order valence-corrected chi connectivity index (χ4v) is 4.59. The maximum atomic E-state index is 12.9. The number of benzene rings is 2. The van der Waals surface area contributed by atoms with Crippen molar-refractivity contribution in [3.63, 3.8) is 0 Å². The highest BCUT2D eigenvalue weighted by molar-refractivity contribution is 7.89. The third-order valence-corrected chi connectivity index (χ3v) is 6.73. The summed E-state index contributed by atoms with van der Waals surface area (Å²) < 4.78 is 43.1. The Kier molecular flexibility index (Phi) is 6.56. The summed E-state index contributed by atoms with van der Waals surface area (Å²) >= 11 is 0. The number of carbonyl (C=O) groups excluding carboxylic acids is 1. The van der Waals surface area contributed by atoms with E-state index in [1.165, 1.54) is 16.4 Å². The van der Waals surface area contributed by atoms with Gasteiger partial charge in [-0.15, -0.1) is 0 Å². The fourth-order valence-electron chi connectivity index (χ4n) is 3.16. The van der Waals surface area contributed by atoms with Gasteiger partial charge in [-0.25, -0.2) is 13.2 Å². The van der Waals surface area contributed by atoms with Crippen LogP contribution in [0.25, 0.3) is 0 Å². The number of carbonyl (C=O) groups is 1. The van der Waals surface area contributed by atoms with Crippen molar-refractivity contribution < 1.29 is 27.4 Å². The Bertz CT molecular complexity index is 996. The summed E-state index contributed by atoms with van der Waals surface area (Å²) in [6, 6.07) is 10.1. The first-order valence-electron chi connectivity index (χ1n) is 9.32. The van der Waals surface area contributed by atoms with Crippen LogP contribution in [-0.2, 0) is 26.1 Å². The Morgan fingerprint density at radius 2 is 1.83 bits per heavy atom. The second kappa shape index (κ2) is 8.94. The average Bonchev–Trinajstić information content (AvgIpc) is 2.73. The SMILES string of the molecule is COc1ccc(C)cc1COC(=O)c1cc(S(=O)(=O)N2CCOCC2)ccc1C. The van der Waals surface area contributed by atoms with E-state index >= 15 is 0 Å². The van der Waals surface area contributed by atoms with E-state index in [1.807, 2.05) is 25.1 Å². The van der Waals surface area contributed by atoms with Crippen molar-refractivity contribution in [1.29, 1.82) is 0 Å². The van der Waals surface area contributed by atoms with Crippen molar-refractivity contribution in [3.8, 4) is 5.75 Å². The molecule has 0 N–H and O–H groups in total. The molecule has 8 heteroatoms. The average molecular weight is 419 g/mol. The first-order valence-corrected chi connectivity index (χ1v) is 10.8. The third-order valence-electron chi connectivity index (χ3n) is 4.83. The van der Waals surface area contributed by atoms with Gasteiger partial charge in [-0.3, -0.25) is 0 Å². The first-order chi connectivity index (χ1) is 13.8. The number of esters is 1. The molecular weight excluding hydrogens is 394 g/mol. The number of methoxy groups -OCH3 is 1. The summed E-state index contributed by atoms with van der Waals surface area (Å²) in [5.74, 6) is 0.0499. The molecule has 1 heterocycles. The number of ether oxygens (including phenoxy) is 3. The molecule has 29 heavy (non-hydrogen) atoms. The number of rotatable bonds is 6. The molecule has 2 aromatic rings. The Hall–Kier alpha value is -2.42. The van der Waals surface area contributed by atoms with E-state index in [1.54, 1.807) is 20.1 Å². The second-order valence-electron chi connectivity index (χ2n) is 6.88. The number of sulfonamides is 1. The van der Waals surface area contributed by atoms with Crippen LogP contribution in [0.5, 0.6) is 5.75 Å². The highest BCUT2D eigenvalue weighted by Crippen LogP contribution is 2.23. The van der Waals surface area contributed by atoms with E-state index in [2.05, 4.69) is 0 Å². The van der Waals surface area contributed by atoms with Crippen LogP contribution >= 0.6 is 0 Å². The summed E-state index contributed by atoms with van der Waals surface area (Å²) in [5.41, 5.74) is 2.64. The standard InChI is InChI=1S/C21H25NO6S/c1-15-4-7-20(26-3)17(12-15)14-28-21(23)19-13-18(6-5-16(19)2)29(24,25)22-8-10-27-11-9-22/h4-7,12-13H,8-11,14H2,1-3H3. The lowest BCUT2D eigenvalue weighted by atomic mass is 10.1. The number of nitrogens with zero attached hydrogens (tertiary/aromatic N) is 1. The third kappa shape index (κ3) is 4.77. The van der Waals surface area contributed by atoms with Crippen LogP contribution in [0.4, 0.5) is 0 Å². The quantitative estimate of drug-likeness (QED) is 0.670. The molecule has 0 radical (unpaired) electrons. The summed E-state index contributed by atoms with van der Waals surface area (Å²) in [5, 5.41) is 0. The van der Waals surface area contributed by atoms with Crippen LogP contribution in [0.15, 0.2) is 41.3 Å². The van der Waals surface area contributed by atoms with Gasteiger partial charge < -0.3 is 14.2 Å². The zero-order valence-electron chi connectivity index (χ0n) is 16.8. The minimum atomic E-state index is -3.69. The summed E-state index contributed by atoms with van der Waals surface area (Å²) in [6.07, 6.45) is 0. The van der Waals surface area contributed by atoms with Crippen LogP contribution in [0.3, 0.4) is 0 Å². The number of aryl methyl sites for hydroxylation is 2. The zero-order valence-corrected chi connectivity index (χ0v) is 17.6. The van der Waals surface area contributed by atoms with Gasteiger partial charge in [0.1, 0.15) is 12.4 Å². The first kappa shape index (κ1) is 21.3. The van der Waals surface area contributed by atoms with Crippen LogP contribution in [0.1, 0.15) is 27.0 Å². The van der Waals surface area contributed by atoms with Gasteiger partial charge in [0.2, 0.25) is 10.0 Å². The van der Waals surface area contributed by atoms with E-state index in [0.29, 0.717) is 37.6 Å². The zero-order chi connectivity index (χ0) is 21.0. The lowest BCUT2D eigenvalue weighted by molar-refractivity contribution is 0.0469. The van der Waals surface area contributed by atoms with Gasteiger partial charge in [0.25, 0.3) is 0 Å². The Labute approximate surface area is 171 Å². The van der Waals surface area contributed by atoms with E-state index in [9.17, 15) is 13.2 Å². The van der Waals surface area contributed by atoms with Gasteiger partial charge >= 0.3 is 5.97 Å². The molecular formula is C21H25NO6S. The molecule has 0 bridgehead atoms. The van der Waals surface area contributed by atoms with Crippen molar-refractivity contribution in [2.24, 2.45) is 0 Å². The normalized spacial score (nSPS) is 15.1. The van der Waals surface area contributed by atoms with Crippen molar-refractivity contribution in [2.45, 2.75) is 25.3 Å². The van der Waals surface area contributed by atoms with Crippen LogP contribution < -0.4 is 4.74 Å². The lowest BCUT2D eigenvalue weighted by Crippen LogP contribution is -2.40. The van der Waals surface area contributed by atoms with Gasteiger partial charge in [-0.05, 0) is 43.7 Å². The molecule has 2 aromatic carbocycles. The van der Waals surface area contributed by atoms with E-state index in [-0.39, 0.29) is 17.1 Å². The highest BCUT2D eigenvalue weighted by atomic mass is 32.2. The summed E-state index contributed by atoms with van der Waals surface area (Å²) in [4.78, 5) is 12.8. The second-order valence-corrected chi connectivity index (χ2v) is 8.82. The molecule has 1 aliphatic heterocycles. The number of morpholine rings is 1. The molecule has 3 rings (SSSR count). The van der Waals surface area contributed by atoms with E-state index in [4.69, 9.17) is 14.2 Å². The molecule has 1 fully saturated rings. The molecule has 0 unspecified atom stereocenters. The molecule has 1 saturated heterocycles. The summed E-state index contributed by atoms with van der Waals surface area (Å²) in [7, 11) is -2.14. The van der Waals surface area contributed by atoms with Gasteiger partial charge in [-0.1, -0.05) is 17.7 Å². The van der Waals surface area contributed by atoms with Crippen molar-refractivity contribution in [2.75, 3.05) is 33.4 Å². The topological polar surface area (TPSA) is 82.1 Å². The Balaban J connectivity index is 1.81. The van der Waals surface area contributed by atoms with E-state index < -0.39 is 16.0 Å². The molecule has 7 nitrogen and oxygen atoms in total. The molecule has 0 saturated carbocycles. The molecule has 0 atom stereocenters. The maximum absolute atomic E-state index is 12.9. The monoisotopic (exact) mass is 419 g/mol. The summed E-state index contributed by atoms with van der Waals surface area (Å²) in [6.45, 7) is 5.02. The van der Waals surface area contributed by atoms with Crippen LogP contribution in [0, 0.1) is 13.8 Å². The van der Waals surface area contributed by atoms with Crippen molar-refractivity contribution in [1.82, 2.24) is 4.31 Å². The van der Waals surface area contributed by atoms with Gasteiger partial charge in [0, 0.05) is 18.7 Å². The molecule has 0 spiro atoms. The van der Waals surface area contributed by atoms with Gasteiger partial charge in [-0.2, -0.15) is 4.31 Å².